The largest absolute Gasteiger partial charge is 0.317 e. The van der Waals surface area contributed by atoms with Crippen LogP contribution in [0.2, 0.25) is 0 Å². The smallest absolute Gasteiger partial charge is 0.254 e. The number of fused-ring (bicyclic) bond motifs is 3. The molecule has 4 heterocycles. The second kappa shape index (κ2) is 5.02. The summed E-state index contributed by atoms with van der Waals surface area (Å²) < 4.78 is 14.7. The van der Waals surface area contributed by atoms with Crippen molar-refractivity contribution >= 4 is 5.91 Å². The average Bonchev–Trinajstić information content (AvgIpc) is 2.47. The third-order valence-electron chi connectivity index (χ3n) is 5.34. The molecule has 1 atom stereocenters. The predicted octanol–water partition coefficient (Wildman–Crippen LogP) is 1.18. The number of nitrogens with zero attached hydrogens (tertiary/aromatic N) is 2. The van der Waals surface area contributed by atoms with Crippen molar-refractivity contribution < 1.29 is 9.28 Å². The van der Waals surface area contributed by atoms with Crippen molar-refractivity contribution in [2.24, 2.45) is 11.8 Å². The van der Waals surface area contributed by atoms with Gasteiger partial charge < -0.3 is 10.2 Å². The third-order valence-corrected chi connectivity index (χ3v) is 5.34. The van der Waals surface area contributed by atoms with Gasteiger partial charge in [0.1, 0.15) is 0 Å². The van der Waals surface area contributed by atoms with Crippen molar-refractivity contribution in [2.45, 2.75) is 38.1 Å². The fourth-order valence-corrected chi connectivity index (χ4v) is 4.00. The van der Waals surface area contributed by atoms with E-state index in [-0.39, 0.29) is 11.8 Å². The van der Waals surface area contributed by atoms with Gasteiger partial charge in [0, 0.05) is 12.5 Å². The Labute approximate surface area is 114 Å². The van der Waals surface area contributed by atoms with Gasteiger partial charge in [0.25, 0.3) is 5.91 Å². The van der Waals surface area contributed by atoms with Crippen LogP contribution < -0.4 is 5.32 Å². The highest BCUT2D eigenvalue weighted by Crippen LogP contribution is 2.40. The molecule has 0 aliphatic carbocycles. The highest BCUT2D eigenvalue weighted by molar-refractivity contribution is 5.78. The van der Waals surface area contributed by atoms with Gasteiger partial charge in [0.05, 0.1) is 5.54 Å². The Bertz CT molecular complexity index is 351. The minimum Gasteiger partial charge on any atom is -0.317 e. The minimum absolute atomic E-state index is 0.126. The van der Waals surface area contributed by atoms with Crippen LogP contribution in [-0.4, -0.2) is 54.2 Å². The molecular formula is C14H24FN3O. The highest BCUT2D eigenvalue weighted by atomic mass is 19.2. The lowest BCUT2D eigenvalue weighted by atomic mass is 9.73. The second-order valence-electron chi connectivity index (χ2n) is 6.55. The van der Waals surface area contributed by atoms with Crippen LogP contribution in [0.3, 0.4) is 0 Å². The van der Waals surface area contributed by atoms with Crippen LogP contribution in [-0.2, 0) is 4.79 Å². The molecule has 1 amide bonds. The molecule has 0 aromatic carbocycles. The van der Waals surface area contributed by atoms with Crippen LogP contribution in [0.5, 0.6) is 0 Å². The molecule has 5 heteroatoms. The van der Waals surface area contributed by atoms with Crippen LogP contribution in [0.4, 0.5) is 4.48 Å². The van der Waals surface area contributed by atoms with E-state index in [0.717, 1.165) is 51.9 Å². The van der Waals surface area contributed by atoms with Gasteiger partial charge in [0.2, 0.25) is 0 Å². The van der Waals surface area contributed by atoms with E-state index in [1.54, 1.807) is 0 Å². The summed E-state index contributed by atoms with van der Waals surface area (Å²) in [7, 11) is 0. The molecule has 4 nitrogen and oxygen atoms in total. The van der Waals surface area contributed by atoms with E-state index in [9.17, 15) is 9.28 Å². The fraction of sp³-hybridized carbons (Fsp3) is 0.929. The molecule has 0 spiro atoms. The monoisotopic (exact) mass is 269 g/mol. The zero-order valence-corrected chi connectivity index (χ0v) is 11.7. The first-order valence-corrected chi connectivity index (χ1v) is 7.54. The molecule has 108 valence electrons. The van der Waals surface area contributed by atoms with Crippen molar-refractivity contribution in [3.05, 3.63) is 0 Å². The van der Waals surface area contributed by atoms with E-state index in [2.05, 4.69) is 10.2 Å². The summed E-state index contributed by atoms with van der Waals surface area (Å²) in [6, 6.07) is 0. The Morgan fingerprint density at radius 3 is 2.42 bits per heavy atom. The van der Waals surface area contributed by atoms with Gasteiger partial charge in [0.15, 0.2) is 0 Å². The van der Waals surface area contributed by atoms with Crippen LogP contribution in [0.1, 0.15) is 32.6 Å². The van der Waals surface area contributed by atoms with Crippen molar-refractivity contribution in [1.29, 1.82) is 0 Å². The Morgan fingerprint density at radius 1 is 1.26 bits per heavy atom. The first-order valence-electron chi connectivity index (χ1n) is 7.54. The van der Waals surface area contributed by atoms with Crippen molar-refractivity contribution in [3.63, 3.8) is 0 Å². The molecule has 19 heavy (non-hydrogen) atoms. The van der Waals surface area contributed by atoms with E-state index >= 15 is 0 Å². The number of hydrogen-bond acceptors (Lipinski definition) is 3. The number of amides is 1. The Morgan fingerprint density at radius 2 is 1.89 bits per heavy atom. The summed E-state index contributed by atoms with van der Waals surface area (Å²) in [5, 5.41) is 3.83. The average molecular weight is 269 g/mol. The molecular weight excluding hydrogens is 245 g/mol. The predicted molar refractivity (Wildman–Crippen MR) is 71.1 cm³/mol. The van der Waals surface area contributed by atoms with Crippen molar-refractivity contribution in [2.75, 3.05) is 32.7 Å². The van der Waals surface area contributed by atoms with Gasteiger partial charge in [-0.15, -0.1) is 0 Å². The van der Waals surface area contributed by atoms with Crippen LogP contribution >= 0.6 is 0 Å². The number of hydrogen-bond donors (Lipinski definition) is 1. The maximum absolute atomic E-state index is 14.7. The van der Waals surface area contributed by atoms with Crippen LogP contribution in [0.25, 0.3) is 0 Å². The molecule has 1 unspecified atom stereocenters. The maximum atomic E-state index is 14.7. The van der Waals surface area contributed by atoms with Gasteiger partial charge in [-0.3, -0.25) is 4.79 Å². The summed E-state index contributed by atoms with van der Waals surface area (Å²) in [4.78, 5) is 14.7. The molecule has 4 aliphatic rings. The van der Waals surface area contributed by atoms with Gasteiger partial charge >= 0.3 is 0 Å². The van der Waals surface area contributed by atoms with Gasteiger partial charge in [-0.2, -0.15) is 5.12 Å². The normalized spacial score (nSPS) is 39.3. The van der Waals surface area contributed by atoms with E-state index in [0.29, 0.717) is 17.6 Å². The van der Waals surface area contributed by atoms with Crippen LogP contribution in [0, 0.1) is 11.8 Å². The molecule has 4 aliphatic heterocycles. The maximum Gasteiger partial charge on any atom is 0.254 e. The Balaban J connectivity index is 1.71. The SMILES string of the molecule is CC1(N(F)C(=O)C2CCNCC2)CN2CCC1CC2. The number of nitrogens with one attached hydrogen (secondary N) is 1. The van der Waals surface area contributed by atoms with Crippen LogP contribution in [0.15, 0.2) is 0 Å². The van der Waals surface area contributed by atoms with Gasteiger partial charge in [-0.25, -0.2) is 0 Å². The van der Waals surface area contributed by atoms with E-state index in [1.807, 2.05) is 6.92 Å². The van der Waals surface area contributed by atoms with E-state index < -0.39 is 5.54 Å². The fourth-order valence-electron chi connectivity index (χ4n) is 4.00. The van der Waals surface area contributed by atoms with E-state index in [1.165, 1.54) is 0 Å². The summed E-state index contributed by atoms with van der Waals surface area (Å²) in [6.07, 6.45) is 3.58. The first kappa shape index (κ1) is 13.3. The number of piperidine rings is 4. The quantitative estimate of drug-likeness (QED) is 0.765. The second-order valence-corrected chi connectivity index (χ2v) is 6.55. The first-order chi connectivity index (χ1) is 9.11. The summed E-state index contributed by atoms with van der Waals surface area (Å²) in [5.74, 6) is -0.0792. The number of rotatable bonds is 2. The van der Waals surface area contributed by atoms with E-state index in [4.69, 9.17) is 0 Å². The minimum atomic E-state index is -0.599. The number of halogens is 1. The van der Waals surface area contributed by atoms with Gasteiger partial charge in [-0.05, 0) is 64.7 Å². The van der Waals surface area contributed by atoms with Crippen molar-refractivity contribution in [1.82, 2.24) is 15.3 Å². The Hall–Kier alpha value is -0.680. The lowest BCUT2D eigenvalue weighted by molar-refractivity contribution is -0.187. The summed E-state index contributed by atoms with van der Waals surface area (Å²) >= 11 is 0. The lowest BCUT2D eigenvalue weighted by Gasteiger charge is -2.53. The Kier molecular flexibility index (Phi) is 3.52. The highest BCUT2D eigenvalue weighted by Gasteiger charge is 2.50. The van der Waals surface area contributed by atoms with Crippen molar-refractivity contribution in [3.8, 4) is 0 Å². The molecule has 0 aromatic heterocycles. The molecule has 4 rings (SSSR count). The zero-order chi connectivity index (χ0) is 13.5. The topological polar surface area (TPSA) is 35.6 Å². The molecule has 4 fully saturated rings. The third kappa shape index (κ3) is 2.27. The zero-order valence-electron chi connectivity index (χ0n) is 11.7. The summed E-state index contributed by atoms with van der Waals surface area (Å²) in [6.45, 7) is 6.42. The standard InChI is InChI=1S/C14H24FN3O/c1-14(10-17-8-4-12(14)5-9-17)18(15)13(19)11-2-6-16-7-3-11/h11-12,16H,2-10H2,1H3. The molecule has 0 aromatic rings. The molecule has 1 N–H and O–H groups in total. The molecule has 0 radical (unpaired) electrons. The lowest BCUT2D eigenvalue weighted by Crippen LogP contribution is -2.65. The van der Waals surface area contributed by atoms with Gasteiger partial charge in [-0.1, -0.05) is 4.48 Å². The molecule has 2 bridgehead atoms. The molecule has 4 saturated heterocycles. The number of carbonyl (C=O) groups is 1. The number of carbonyl (C=O) groups excluding carboxylic acids is 1. The summed E-state index contributed by atoms with van der Waals surface area (Å²) in [5.41, 5.74) is -0.599. The molecule has 0 saturated carbocycles.